The van der Waals surface area contributed by atoms with Gasteiger partial charge in [0, 0.05) is 44.6 Å². The summed E-state index contributed by atoms with van der Waals surface area (Å²) in [4.78, 5) is 4.23. The number of rotatable bonds is 4. The second-order valence-electron chi connectivity index (χ2n) is 4.07. The van der Waals surface area contributed by atoms with Crippen molar-refractivity contribution in [1.82, 2.24) is 20.9 Å². The number of nitrogens with zero attached hydrogens (tertiary/aromatic N) is 1. The van der Waals surface area contributed by atoms with Crippen molar-refractivity contribution in [2.24, 2.45) is 0 Å². The molecule has 0 radical (unpaired) electrons. The first kappa shape index (κ1) is 11.5. The van der Waals surface area contributed by atoms with Gasteiger partial charge in [0.15, 0.2) is 0 Å². The van der Waals surface area contributed by atoms with Gasteiger partial charge in [0.2, 0.25) is 0 Å². The molecule has 0 aliphatic carbocycles. The van der Waals surface area contributed by atoms with E-state index < -0.39 is 0 Å². The van der Waals surface area contributed by atoms with Gasteiger partial charge in [-0.15, -0.1) is 0 Å². The van der Waals surface area contributed by atoms with Gasteiger partial charge in [-0.25, -0.2) is 0 Å². The summed E-state index contributed by atoms with van der Waals surface area (Å²) in [6.45, 7) is 7.12. The SMILES string of the molecule is CCNCc1ccncc1C1CNCCN1. The molecule has 1 unspecified atom stereocenters. The lowest BCUT2D eigenvalue weighted by Crippen LogP contribution is -2.43. The Labute approximate surface area is 96.8 Å². The van der Waals surface area contributed by atoms with Crippen molar-refractivity contribution in [3.05, 3.63) is 29.6 Å². The zero-order valence-corrected chi connectivity index (χ0v) is 9.79. The monoisotopic (exact) mass is 220 g/mol. The molecule has 1 aromatic rings. The summed E-state index contributed by atoms with van der Waals surface area (Å²) in [5, 5.41) is 10.3. The maximum absolute atomic E-state index is 4.23. The number of hydrogen-bond acceptors (Lipinski definition) is 4. The van der Waals surface area contributed by atoms with E-state index in [0.29, 0.717) is 6.04 Å². The zero-order valence-electron chi connectivity index (χ0n) is 9.79. The van der Waals surface area contributed by atoms with E-state index in [1.165, 1.54) is 11.1 Å². The van der Waals surface area contributed by atoms with E-state index >= 15 is 0 Å². The van der Waals surface area contributed by atoms with E-state index in [1.54, 1.807) is 0 Å². The molecule has 16 heavy (non-hydrogen) atoms. The zero-order chi connectivity index (χ0) is 11.2. The average Bonchev–Trinajstić information content (AvgIpc) is 2.38. The maximum Gasteiger partial charge on any atom is 0.0465 e. The fraction of sp³-hybridized carbons (Fsp3) is 0.583. The molecule has 1 aliphatic rings. The van der Waals surface area contributed by atoms with E-state index in [9.17, 15) is 0 Å². The molecular formula is C12H20N4. The number of piperazine rings is 1. The summed E-state index contributed by atoms with van der Waals surface area (Å²) in [7, 11) is 0. The van der Waals surface area contributed by atoms with Gasteiger partial charge in [-0.05, 0) is 23.7 Å². The molecule has 0 aromatic carbocycles. The van der Waals surface area contributed by atoms with Crippen LogP contribution in [-0.4, -0.2) is 31.2 Å². The Balaban J connectivity index is 2.11. The molecule has 0 bridgehead atoms. The van der Waals surface area contributed by atoms with E-state index in [4.69, 9.17) is 0 Å². The largest absolute Gasteiger partial charge is 0.314 e. The Bertz CT molecular complexity index is 321. The third-order valence-corrected chi connectivity index (χ3v) is 2.93. The van der Waals surface area contributed by atoms with E-state index in [0.717, 1.165) is 32.7 Å². The summed E-state index contributed by atoms with van der Waals surface area (Å²) in [6, 6.07) is 2.50. The van der Waals surface area contributed by atoms with Gasteiger partial charge in [0.05, 0.1) is 0 Å². The van der Waals surface area contributed by atoms with Crippen LogP contribution in [0.2, 0.25) is 0 Å². The molecule has 0 saturated carbocycles. The number of nitrogens with one attached hydrogen (secondary N) is 3. The average molecular weight is 220 g/mol. The fourth-order valence-corrected chi connectivity index (χ4v) is 2.04. The van der Waals surface area contributed by atoms with Crippen molar-refractivity contribution >= 4 is 0 Å². The van der Waals surface area contributed by atoms with Crippen LogP contribution in [0.4, 0.5) is 0 Å². The van der Waals surface area contributed by atoms with E-state index in [-0.39, 0.29) is 0 Å². The summed E-state index contributed by atoms with van der Waals surface area (Å²) < 4.78 is 0. The highest BCUT2D eigenvalue weighted by molar-refractivity contribution is 5.27. The predicted octanol–water partition coefficient (Wildman–Crippen LogP) is 0.425. The van der Waals surface area contributed by atoms with Crippen LogP contribution in [0.1, 0.15) is 24.1 Å². The van der Waals surface area contributed by atoms with Crippen molar-refractivity contribution in [3.63, 3.8) is 0 Å². The molecule has 0 spiro atoms. The van der Waals surface area contributed by atoms with Crippen molar-refractivity contribution in [2.45, 2.75) is 19.5 Å². The first-order valence-electron chi connectivity index (χ1n) is 5.99. The normalized spacial score (nSPS) is 20.9. The first-order chi connectivity index (χ1) is 7.92. The van der Waals surface area contributed by atoms with Crippen LogP contribution < -0.4 is 16.0 Å². The van der Waals surface area contributed by atoms with Gasteiger partial charge < -0.3 is 16.0 Å². The molecule has 2 rings (SSSR count). The number of pyridine rings is 1. The van der Waals surface area contributed by atoms with Gasteiger partial charge in [-0.3, -0.25) is 4.98 Å². The lowest BCUT2D eigenvalue weighted by Gasteiger charge is -2.26. The Morgan fingerprint density at radius 2 is 2.44 bits per heavy atom. The smallest absolute Gasteiger partial charge is 0.0465 e. The minimum Gasteiger partial charge on any atom is -0.314 e. The topological polar surface area (TPSA) is 49.0 Å². The predicted molar refractivity (Wildman–Crippen MR) is 65.2 cm³/mol. The Hall–Kier alpha value is -0.970. The van der Waals surface area contributed by atoms with Gasteiger partial charge >= 0.3 is 0 Å². The quantitative estimate of drug-likeness (QED) is 0.688. The molecule has 1 aromatic heterocycles. The molecule has 1 aliphatic heterocycles. The summed E-state index contributed by atoms with van der Waals surface area (Å²) in [5.41, 5.74) is 2.66. The Morgan fingerprint density at radius 3 is 3.19 bits per heavy atom. The van der Waals surface area contributed by atoms with E-state index in [1.807, 2.05) is 12.4 Å². The highest BCUT2D eigenvalue weighted by atomic mass is 15.1. The van der Waals surface area contributed by atoms with Gasteiger partial charge in [-0.2, -0.15) is 0 Å². The second kappa shape index (κ2) is 5.94. The first-order valence-corrected chi connectivity index (χ1v) is 5.99. The van der Waals surface area contributed by atoms with Gasteiger partial charge in [0.25, 0.3) is 0 Å². The highest BCUT2D eigenvalue weighted by Gasteiger charge is 2.17. The van der Waals surface area contributed by atoms with Crippen LogP contribution in [0.5, 0.6) is 0 Å². The molecule has 4 heteroatoms. The molecule has 2 heterocycles. The highest BCUT2D eigenvalue weighted by Crippen LogP contribution is 2.17. The summed E-state index contributed by atoms with van der Waals surface area (Å²) in [5.74, 6) is 0. The van der Waals surface area contributed by atoms with Crippen LogP contribution in [0.15, 0.2) is 18.5 Å². The molecule has 1 saturated heterocycles. The van der Waals surface area contributed by atoms with Crippen LogP contribution in [0, 0.1) is 0 Å². The van der Waals surface area contributed by atoms with Crippen molar-refractivity contribution in [3.8, 4) is 0 Å². The summed E-state index contributed by atoms with van der Waals surface area (Å²) >= 11 is 0. The molecule has 4 nitrogen and oxygen atoms in total. The van der Waals surface area contributed by atoms with Crippen molar-refractivity contribution in [2.75, 3.05) is 26.2 Å². The number of aromatic nitrogens is 1. The van der Waals surface area contributed by atoms with Crippen LogP contribution in [-0.2, 0) is 6.54 Å². The fourth-order valence-electron chi connectivity index (χ4n) is 2.04. The van der Waals surface area contributed by atoms with E-state index in [2.05, 4.69) is 33.9 Å². The molecular weight excluding hydrogens is 200 g/mol. The van der Waals surface area contributed by atoms with Gasteiger partial charge in [-0.1, -0.05) is 6.92 Å². The summed E-state index contributed by atoms with van der Waals surface area (Å²) in [6.07, 6.45) is 3.85. The lowest BCUT2D eigenvalue weighted by molar-refractivity contribution is 0.426. The van der Waals surface area contributed by atoms with Gasteiger partial charge in [0.1, 0.15) is 0 Å². The Morgan fingerprint density at radius 1 is 1.50 bits per heavy atom. The molecule has 1 fully saturated rings. The second-order valence-corrected chi connectivity index (χ2v) is 4.07. The van der Waals surface area contributed by atoms with Crippen molar-refractivity contribution in [1.29, 1.82) is 0 Å². The van der Waals surface area contributed by atoms with Crippen LogP contribution in [0.25, 0.3) is 0 Å². The molecule has 3 N–H and O–H groups in total. The lowest BCUT2D eigenvalue weighted by atomic mass is 10.0. The maximum atomic E-state index is 4.23. The molecule has 0 amide bonds. The molecule has 88 valence electrons. The molecule has 1 atom stereocenters. The van der Waals surface area contributed by atoms with Crippen molar-refractivity contribution < 1.29 is 0 Å². The third kappa shape index (κ3) is 2.78. The minimum absolute atomic E-state index is 0.399. The van der Waals surface area contributed by atoms with Crippen LogP contribution in [0.3, 0.4) is 0 Å². The standard InChI is InChI=1S/C12H20N4/c1-2-13-7-10-3-4-14-8-11(10)12-9-15-5-6-16-12/h3-4,8,12-13,15-16H,2,5-7,9H2,1H3. The van der Waals surface area contributed by atoms with Crippen LogP contribution >= 0.6 is 0 Å². The third-order valence-electron chi connectivity index (χ3n) is 2.93. The number of hydrogen-bond donors (Lipinski definition) is 3. The Kier molecular flexibility index (Phi) is 4.27. The minimum atomic E-state index is 0.399.